The molecule has 70 valence electrons. The van der Waals surface area contributed by atoms with Gasteiger partial charge in [-0.1, -0.05) is 13.8 Å². The Kier molecular flexibility index (Phi) is 1.95. The molecule has 0 aromatic rings. The summed E-state index contributed by atoms with van der Waals surface area (Å²) >= 11 is 0. The maximum Gasteiger partial charge on any atom is 0.0433 e. The van der Waals surface area contributed by atoms with Crippen molar-refractivity contribution in [3.8, 4) is 0 Å². The summed E-state index contributed by atoms with van der Waals surface area (Å²) in [4.78, 5) is 0. The molecule has 0 aromatic carbocycles. The first kappa shape index (κ1) is 8.55. The van der Waals surface area contributed by atoms with E-state index in [1.54, 1.807) is 0 Å². The van der Waals surface area contributed by atoms with Crippen LogP contribution >= 0.6 is 0 Å². The molecule has 2 bridgehead atoms. The molecule has 0 heterocycles. The lowest BCUT2D eigenvalue weighted by Gasteiger charge is -2.60. The third kappa shape index (κ3) is 1.02. The predicted octanol–water partition coefficient (Wildman–Crippen LogP) is 2.44. The summed E-state index contributed by atoms with van der Waals surface area (Å²) in [7, 11) is 0. The molecule has 3 saturated carbocycles. The number of hydrogen-bond acceptors (Lipinski definition) is 1. The first-order valence-corrected chi connectivity index (χ1v) is 5.27. The summed E-state index contributed by atoms with van der Waals surface area (Å²) in [6.45, 7) is 5.21. The molecular formula is C11H20O. The highest BCUT2D eigenvalue weighted by Crippen LogP contribution is 2.61. The van der Waals surface area contributed by atoms with E-state index < -0.39 is 0 Å². The molecule has 3 aliphatic rings. The molecule has 1 nitrogen and oxygen atoms in total. The molecule has 0 spiro atoms. The van der Waals surface area contributed by atoms with Gasteiger partial charge in [-0.2, -0.15) is 0 Å². The van der Waals surface area contributed by atoms with E-state index in [2.05, 4.69) is 13.8 Å². The number of rotatable bonds is 2. The zero-order chi connectivity index (χ0) is 8.77. The van der Waals surface area contributed by atoms with Gasteiger partial charge in [0.1, 0.15) is 0 Å². The second-order valence-corrected chi connectivity index (χ2v) is 5.21. The summed E-state index contributed by atoms with van der Waals surface area (Å²) in [5, 5.41) is 8.92. The molecule has 3 aliphatic carbocycles. The highest BCUT2D eigenvalue weighted by atomic mass is 16.3. The molecule has 0 unspecified atom stereocenters. The fourth-order valence-electron chi connectivity index (χ4n) is 3.47. The van der Waals surface area contributed by atoms with Crippen LogP contribution in [0.2, 0.25) is 0 Å². The maximum absolute atomic E-state index is 8.92. The fourth-order valence-corrected chi connectivity index (χ4v) is 3.47. The van der Waals surface area contributed by atoms with Crippen LogP contribution in [-0.4, -0.2) is 11.7 Å². The second-order valence-electron chi connectivity index (χ2n) is 5.21. The Bertz CT molecular complexity index is 170. The van der Waals surface area contributed by atoms with Gasteiger partial charge in [-0.3, -0.25) is 0 Å². The van der Waals surface area contributed by atoms with E-state index in [0.29, 0.717) is 12.0 Å². The van der Waals surface area contributed by atoms with Gasteiger partial charge in [0.15, 0.2) is 0 Å². The van der Waals surface area contributed by atoms with Crippen LogP contribution in [0.4, 0.5) is 0 Å². The van der Waals surface area contributed by atoms with Crippen molar-refractivity contribution in [2.75, 3.05) is 6.61 Å². The van der Waals surface area contributed by atoms with Crippen molar-refractivity contribution in [3.63, 3.8) is 0 Å². The highest BCUT2D eigenvalue weighted by molar-refractivity contribution is 5.02. The Hall–Kier alpha value is -0.0400. The maximum atomic E-state index is 8.92. The summed E-state index contributed by atoms with van der Waals surface area (Å²) in [6.07, 6.45) is 5.27. The number of fused-ring (bicyclic) bond motifs is 2. The van der Waals surface area contributed by atoms with Crippen LogP contribution in [0.25, 0.3) is 0 Å². The van der Waals surface area contributed by atoms with Crippen LogP contribution in [0.5, 0.6) is 0 Å². The van der Waals surface area contributed by atoms with Crippen molar-refractivity contribution >= 4 is 0 Å². The number of hydrogen-bond donors (Lipinski definition) is 1. The van der Waals surface area contributed by atoms with E-state index in [9.17, 15) is 0 Å². The Morgan fingerprint density at radius 2 is 2.08 bits per heavy atom. The second kappa shape index (κ2) is 2.73. The van der Waals surface area contributed by atoms with Gasteiger partial charge in [-0.25, -0.2) is 0 Å². The largest absolute Gasteiger partial charge is 0.396 e. The van der Waals surface area contributed by atoms with Gasteiger partial charge in [-0.05, 0) is 48.9 Å². The topological polar surface area (TPSA) is 20.2 Å². The molecule has 12 heavy (non-hydrogen) atoms. The van der Waals surface area contributed by atoms with E-state index in [4.69, 9.17) is 5.11 Å². The van der Waals surface area contributed by atoms with Crippen LogP contribution in [-0.2, 0) is 0 Å². The third-order valence-electron chi connectivity index (χ3n) is 4.50. The number of aliphatic hydroxyl groups excluding tert-OH is 1. The minimum absolute atomic E-state index is 0.391. The Morgan fingerprint density at radius 1 is 1.33 bits per heavy atom. The molecule has 0 amide bonds. The molecule has 0 aromatic heterocycles. The Morgan fingerprint density at radius 3 is 2.58 bits per heavy atom. The molecule has 1 heteroatoms. The average molecular weight is 168 g/mol. The highest BCUT2D eigenvalue weighted by Gasteiger charge is 2.53. The monoisotopic (exact) mass is 168 g/mol. The van der Waals surface area contributed by atoms with E-state index in [1.807, 2.05) is 0 Å². The minimum Gasteiger partial charge on any atom is -0.396 e. The van der Waals surface area contributed by atoms with Crippen molar-refractivity contribution in [3.05, 3.63) is 0 Å². The normalized spacial score (nSPS) is 43.8. The summed E-state index contributed by atoms with van der Waals surface area (Å²) in [5.74, 6) is 2.75. The smallest absolute Gasteiger partial charge is 0.0433 e. The first-order valence-electron chi connectivity index (χ1n) is 5.27. The molecule has 3 rings (SSSR count). The van der Waals surface area contributed by atoms with Crippen LogP contribution < -0.4 is 0 Å². The molecule has 0 saturated heterocycles. The van der Waals surface area contributed by atoms with Crippen LogP contribution in [0.1, 0.15) is 39.5 Å². The summed E-state index contributed by atoms with van der Waals surface area (Å²) in [6, 6.07) is 0. The van der Waals surface area contributed by atoms with E-state index in [1.165, 1.54) is 19.3 Å². The van der Waals surface area contributed by atoms with E-state index in [0.717, 1.165) is 24.2 Å². The number of aliphatic hydroxyl groups is 1. The van der Waals surface area contributed by atoms with Gasteiger partial charge in [0, 0.05) is 6.61 Å². The summed E-state index contributed by atoms with van der Waals surface area (Å²) in [5.41, 5.74) is 0.595. The molecule has 0 radical (unpaired) electrons. The van der Waals surface area contributed by atoms with E-state index in [-0.39, 0.29) is 0 Å². The molecule has 3 atom stereocenters. The molecule has 3 fully saturated rings. The third-order valence-corrected chi connectivity index (χ3v) is 4.50. The van der Waals surface area contributed by atoms with Crippen molar-refractivity contribution in [2.45, 2.75) is 39.5 Å². The van der Waals surface area contributed by atoms with Gasteiger partial charge in [0.25, 0.3) is 0 Å². The van der Waals surface area contributed by atoms with Gasteiger partial charge >= 0.3 is 0 Å². The lowest BCUT2D eigenvalue weighted by Crippen LogP contribution is -2.52. The minimum atomic E-state index is 0.391. The lowest BCUT2D eigenvalue weighted by molar-refractivity contribution is -0.109. The Balaban J connectivity index is 2.01. The average Bonchev–Trinajstić information content (AvgIpc) is 2.05. The van der Waals surface area contributed by atoms with Crippen molar-refractivity contribution in [1.82, 2.24) is 0 Å². The summed E-state index contributed by atoms with van der Waals surface area (Å²) < 4.78 is 0. The van der Waals surface area contributed by atoms with Gasteiger partial charge < -0.3 is 5.11 Å². The fraction of sp³-hybridized carbons (Fsp3) is 1.00. The van der Waals surface area contributed by atoms with Crippen molar-refractivity contribution in [1.29, 1.82) is 0 Å². The van der Waals surface area contributed by atoms with Gasteiger partial charge in [0.2, 0.25) is 0 Å². The Labute approximate surface area is 75.2 Å². The SMILES string of the molecule is CC1(C)[C@H]2CC[C@H](CCO)[C@@H]1C2. The zero-order valence-corrected chi connectivity index (χ0v) is 8.21. The molecule has 1 N–H and O–H groups in total. The molecule has 0 aliphatic heterocycles. The standard InChI is InChI=1S/C11H20O/c1-11(2)9-4-3-8(5-6-12)10(11)7-9/h8-10,12H,3-7H2,1-2H3/t8-,9+,10+/m1/s1. The van der Waals surface area contributed by atoms with Crippen LogP contribution in [0.15, 0.2) is 0 Å². The quantitative estimate of drug-likeness (QED) is 0.671. The molecular weight excluding hydrogens is 148 g/mol. The zero-order valence-electron chi connectivity index (χ0n) is 8.21. The van der Waals surface area contributed by atoms with Crippen LogP contribution in [0, 0.1) is 23.2 Å². The van der Waals surface area contributed by atoms with E-state index >= 15 is 0 Å². The lowest BCUT2D eigenvalue weighted by atomic mass is 9.45. The van der Waals surface area contributed by atoms with Gasteiger partial charge in [-0.15, -0.1) is 0 Å². The first-order chi connectivity index (χ1) is 5.66. The van der Waals surface area contributed by atoms with Crippen molar-refractivity contribution in [2.24, 2.45) is 23.2 Å². The van der Waals surface area contributed by atoms with Crippen LogP contribution in [0.3, 0.4) is 0 Å². The predicted molar refractivity (Wildman–Crippen MR) is 49.8 cm³/mol. The van der Waals surface area contributed by atoms with Crippen molar-refractivity contribution < 1.29 is 5.11 Å². The van der Waals surface area contributed by atoms with Gasteiger partial charge in [0.05, 0.1) is 0 Å².